The molecule has 1 aromatic carbocycles. The number of pyridine rings is 1. The van der Waals surface area contributed by atoms with Crippen molar-refractivity contribution in [3.05, 3.63) is 59.9 Å². The first-order valence-corrected chi connectivity index (χ1v) is 13.7. The maximum atomic E-state index is 11.4. The summed E-state index contributed by atoms with van der Waals surface area (Å²) in [5.41, 5.74) is 2.17. The molecule has 5 rings (SSSR count). The first kappa shape index (κ1) is 21.2. The van der Waals surface area contributed by atoms with Gasteiger partial charge >= 0.3 is 0 Å². The highest BCUT2D eigenvalue weighted by molar-refractivity contribution is 8.07. The number of likely N-dealkylation sites (tertiary alicyclic amines) is 1. The van der Waals surface area contributed by atoms with Gasteiger partial charge < -0.3 is 10.0 Å². The maximum Gasteiger partial charge on any atom is 0.229 e. The summed E-state index contributed by atoms with van der Waals surface area (Å²) in [7, 11) is -3.29. The molecule has 0 spiro atoms. The van der Waals surface area contributed by atoms with Crippen LogP contribution in [0.2, 0.25) is 0 Å². The number of aliphatic hydroxyl groups is 1. The molecule has 6 nitrogen and oxygen atoms in total. The number of hydrogen-bond acceptors (Lipinski definition) is 6. The molecule has 2 unspecified atom stereocenters. The van der Waals surface area contributed by atoms with Gasteiger partial charge in [-0.3, -0.25) is 9.71 Å². The van der Waals surface area contributed by atoms with Crippen molar-refractivity contribution < 1.29 is 13.5 Å². The molecule has 2 aliphatic heterocycles. The molecule has 2 aromatic rings. The van der Waals surface area contributed by atoms with Crippen molar-refractivity contribution in [1.82, 2.24) is 9.88 Å². The van der Waals surface area contributed by atoms with Crippen LogP contribution < -0.4 is 4.72 Å². The normalized spacial score (nSPS) is 32.7. The van der Waals surface area contributed by atoms with E-state index < -0.39 is 15.6 Å². The predicted octanol–water partition coefficient (Wildman–Crippen LogP) is 2.71. The number of nitrogens with zero attached hydrogens (tertiary/aromatic N) is 2. The smallest absolute Gasteiger partial charge is 0.229 e. The Kier molecular flexibility index (Phi) is 5.32. The monoisotopic (exact) mass is 459 g/mol. The Bertz CT molecular complexity index is 1030. The van der Waals surface area contributed by atoms with Crippen LogP contribution in [0.4, 0.5) is 5.69 Å². The van der Waals surface area contributed by atoms with Crippen LogP contribution in [0.15, 0.2) is 48.7 Å². The van der Waals surface area contributed by atoms with Crippen LogP contribution in [0.1, 0.15) is 24.1 Å². The van der Waals surface area contributed by atoms with Crippen molar-refractivity contribution in [2.24, 2.45) is 11.8 Å². The molecule has 166 valence electrons. The first-order valence-electron chi connectivity index (χ1n) is 10.8. The van der Waals surface area contributed by atoms with E-state index in [2.05, 4.69) is 26.7 Å². The Balaban J connectivity index is 1.19. The number of benzene rings is 1. The van der Waals surface area contributed by atoms with Gasteiger partial charge in [-0.1, -0.05) is 30.3 Å². The third-order valence-corrected chi connectivity index (χ3v) is 8.75. The van der Waals surface area contributed by atoms with E-state index in [1.54, 1.807) is 12.3 Å². The summed E-state index contributed by atoms with van der Waals surface area (Å²) in [6.45, 7) is 3.04. The quantitative estimate of drug-likeness (QED) is 0.620. The molecule has 1 saturated carbocycles. The topological polar surface area (TPSA) is 82.5 Å². The van der Waals surface area contributed by atoms with E-state index in [0.717, 1.165) is 56.6 Å². The third kappa shape index (κ3) is 4.77. The zero-order chi connectivity index (χ0) is 21.7. The van der Waals surface area contributed by atoms with Gasteiger partial charge in [0.15, 0.2) is 0 Å². The second-order valence-corrected chi connectivity index (χ2v) is 12.7. The Hall–Kier alpha value is -1.61. The largest absolute Gasteiger partial charge is 0.390 e. The van der Waals surface area contributed by atoms with Crippen molar-refractivity contribution >= 4 is 27.5 Å². The molecule has 0 bridgehead atoms. The molecule has 3 heterocycles. The molecule has 1 aliphatic carbocycles. The van der Waals surface area contributed by atoms with E-state index in [4.69, 9.17) is 0 Å². The van der Waals surface area contributed by atoms with E-state index in [-0.39, 0.29) is 4.75 Å². The highest BCUT2D eigenvalue weighted by Gasteiger charge is 2.53. The fourth-order valence-electron chi connectivity index (χ4n) is 5.51. The van der Waals surface area contributed by atoms with Gasteiger partial charge in [0.25, 0.3) is 0 Å². The Morgan fingerprint density at radius 3 is 2.39 bits per heavy atom. The highest BCUT2D eigenvalue weighted by atomic mass is 32.2. The summed E-state index contributed by atoms with van der Waals surface area (Å²) in [6, 6.07) is 14.1. The minimum absolute atomic E-state index is 0.0165. The van der Waals surface area contributed by atoms with Gasteiger partial charge in [-0.2, -0.15) is 0 Å². The first-order chi connectivity index (χ1) is 14.7. The Labute approximate surface area is 188 Å². The van der Waals surface area contributed by atoms with Gasteiger partial charge in [0.05, 0.1) is 34.2 Å². The van der Waals surface area contributed by atoms with Crippen molar-refractivity contribution in [3.63, 3.8) is 0 Å². The molecule has 2 N–H and O–H groups in total. The molecule has 4 atom stereocenters. The zero-order valence-electron chi connectivity index (χ0n) is 17.7. The lowest BCUT2D eigenvalue weighted by atomic mass is 9.91. The van der Waals surface area contributed by atoms with E-state index in [1.807, 2.05) is 36.0 Å². The summed E-state index contributed by atoms with van der Waals surface area (Å²) in [4.78, 5) is 7.11. The van der Waals surface area contributed by atoms with Crippen LogP contribution in [0, 0.1) is 11.8 Å². The summed E-state index contributed by atoms with van der Waals surface area (Å²) >= 11 is 1.91. The number of anilines is 1. The van der Waals surface area contributed by atoms with Crippen LogP contribution in [0.25, 0.3) is 0 Å². The van der Waals surface area contributed by atoms with Crippen LogP contribution in [0.5, 0.6) is 0 Å². The molecule has 3 fully saturated rings. The number of thioether (sulfide) groups is 1. The number of fused-ring (bicyclic) bond motifs is 1. The standard InChI is InChI=1S/C23H29N3O3S2/c1-31(28,29)25-20-7-8-21(24-12-20)23(16-30-23)15-26-13-18-10-22(27,11-19(18)14-26)9-17-5-3-2-4-6-17/h2-8,12,18-19,25,27H,9-11,13-16H2,1H3/t18-,19+,22?,23?. The van der Waals surface area contributed by atoms with Gasteiger partial charge in [0.2, 0.25) is 10.0 Å². The van der Waals surface area contributed by atoms with Gasteiger partial charge in [-0.15, -0.1) is 11.8 Å². The van der Waals surface area contributed by atoms with Crippen LogP contribution >= 0.6 is 11.8 Å². The van der Waals surface area contributed by atoms with Crippen molar-refractivity contribution in [2.45, 2.75) is 29.6 Å². The van der Waals surface area contributed by atoms with Gasteiger partial charge in [-0.05, 0) is 42.4 Å². The average molecular weight is 460 g/mol. The second-order valence-electron chi connectivity index (χ2n) is 9.60. The SMILES string of the molecule is CS(=O)(=O)Nc1ccc(C2(CN3C[C@@H]4CC(O)(Cc5ccccc5)C[C@@H]4C3)CS2)nc1. The van der Waals surface area contributed by atoms with Crippen molar-refractivity contribution in [2.75, 3.05) is 36.4 Å². The van der Waals surface area contributed by atoms with Crippen LogP contribution in [-0.4, -0.2) is 60.7 Å². The van der Waals surface area contributed by atoms with Crippen LogP contribution in [-0.2, 0) is 21.2 Å². The van der Waals surface area contributed by atoms with Crippen molar-refractivity contribution in [1.29, 1.82) is 0 Å². The lowest BCUT2D eigenvalue weighted by Crippen LogP contribution is -2.35. The van der Waals surface area contributed by atoms with Gasteiger partial charge in [0.1, 0.15) is 0 Å². The zero-order valence-corrected chi connectivity index (χ0v) is 19.3. The molecule has 8 heteroatoms. The lowest BCUT2D eigenvalue weighted by molar-refractivity contribution is 0.0353. The second kappa shape index (κ2) is 7.76. The minimum atomic E-state index is -3.29. The minimum Gasteiger partial charge on any atom is -0.390 e. The number of hydrogen-bond donors (Lipinski definition) is 2. The fraction of sp³-hybridized carbons (Fsp3) is 0.522. The molecule has 1 aromatic heterocycles. The number of aromatic nitrogens is 1. The van der Waals surface area contributed by atoms with E-state index in [1.165, 1.54) is 5.56 Å². The summed E-state index contributed by atoms with van der Waals surface area (Å²) in [6.07, 6.45) is 5.27. The fourth-order valence-corrected chi connectivity index (χ4v) is 7.02. The van der Waals surface area contributed by atoms with Gasteiger partial charge in [0, 0.05) is 31.8 Å². The molecular formula is C23H29N3O3S2. The van der Waals surface area contributed by atoms with Crippen molar-refractivity contribution in [3.8, 4) is 0 Å². The predicted molar refractivity (Wildman–Crippen MR) is 125 cm³/mol. The molecular weight excluding hydrogens is 430 g/mol. The number of sulfonamides is 1. The summed E-state index contributed by atoms with van der Waals surface area (Å²) < 4.78 is 25.3. The molecule has 2 saturated heterocycles. The number of nitrogens with one attached hydrogen (secondary N) is 1. The summed E-state index contributed by atoms with van der Waals surface area (Å²) in [5, 5.41) is 11.2. The van der Waals surface area contributed by atoms with E-state index in [9.17, 15) is 13.5 Å². The van der Waals surface area contributed by atoms with Gasteiger partial charge in [-0.25, -0.2) is 8.42 Å². The summed E-state index contributed by atoms with van der Waals surface area (Å²) in [5.74, 6) is 2.16. The van der Waals surface area contributed by atoms with E-state index >= 15 is 0 Å². The molecule has 0 amide bonds. The Morgan fingerprint density at radius 1 is 1.16 bits per heavy atom. The molecule has 3 aliphatic rings. The number of rotatable bonds is 7. The average Bonchev–Trinajstić information content (AvgIpc) is 3.29. The maximum absolute atomic E-state index is 11.4. The lowest BCUT2D eigenvalue weighted by Gasteiger charge is -2.27. The highest BCUT2D eigenvalue weighted by Crippen LogP contribution is 2.55. The Morgan fingerprint density at radius 2 is 1.84 bits per heavy atom. The van der Waals surface area contributed by atoms with E-state index in [0.29, 0.717) is 17.5 Å². The molecule has 0 radical (unpaired) electrons. The molecule has 31 heavy (non-hydrogen) atoms. The van der Waals surface area contributed by atoms with Crippen LogP contribution in [0.3, 0.4) is 0 Å². The third-order valence-electron chi connectivity index (χ3n) is 6.82.